The third-order valence-electron chi connectivity index (χ3n) is 2.09. The van der Waals surface area contributed by atoms with Crippen LogP contribution < -0.4 is 0 Å². The van der Waals surface area contributed by atoms with Gasteiger partial charge in [-0.15, -0.1) is 0 Å². The monoisotopic (exact) mass is 173 g/mol. The van der Waals surface area contributed by atoms with E-state index in [-0.39, 0.29) is 0 Å². The van der Waals surface area contributed by atoms with Gasteiger partial charge in [0.25, 0.3) is 0 Å². The van der Waals surface area contributed by atoms with Crippen LogP contribution >= 0.6 is 0 Å². The van der Waals surface area contributed by atoms with Crippen molar-refractivity contribution in [2.45, 2.75) is 51.9 Å². The third kappa shape index (κ3) is 9.92. The molecule has 0 aliphatic heterocycles. The Kier molecular flexibility index (Phi) is 8.95. The van der Waals surface area contributed by atoms with Crippen LogP contribution in [-0.4, -0.2) is 23.9 Å². The first-order valence-electron chi connectivity index (χ1n) is 5.17. The molecule has 0 aromatic heterocycles. The summed E-state index contributed by atoms with van der Waals surface area (Å²) in [5.41, 5.74) is 0. The van der Waals surface area contributed by atoms with Crippen LogP contribution in [0.5, 0.6) is 0 Å². The number of nitrogens with zero attached hydrogens (tertiary/aromatic N) is 1. The minimum Gasteiger partial charge on any atom is -0.314 e. The van der Waals surface area contributed by atoms with Crippen molar-refractivity contribution in [1.29, 1.82) is 0 Å². The molecule has 0 aromatic carbocycles. The fraction of sp³-hybridized carbons (Fsp3) is 1.00. The third-order valence-corrected chi connectivity index (χ3v) is 2.09. The van der Waals surface area contributed by atoms with E-state index in [0.717, 1.165) is 13.0 Å². The smallest absolute Gasteiger partial charge is 0.0235 e. The van der Waals surface area contributed by atoms with Crippen molar-refractivity contribution in [3.05, 3.63) is 0 Å². The van der Waals surface area contributed by atoms with E-state index in [1.54, 1.807) is 7.05 Å². The predicted octanol–water partition coefficient (Wildman–Crippen LogP) is 3.06. The van der Waals surface area contributed by atoms with Gasteiger partial charge < -0.3 is 5.21 Å². The van der Waals surface area contributed by atoms with Gasteiger partial charge in [0.15, 0.2) is 0 Å². The molecule has 0 heterocycles. The minimum absolute atomic E-state index is 0.813. The Morgan fingerprint density at radius 2 is 1.42 bits per heavy atom. The molecule has 0 bridgehead atoms. The Hall–Kier alpha value is -0.0800. The first-order chi connectivity index (χ1) is 5.77. The van der Waals surface area contributed by atoms with Gasteiger partial charge in [0, 0.05) is 13.6 Å². The second-order valence-corrected chi connectivity index (χ2v) is 3.50. The van der Waals surface area contributed by atoms with Crippen LogP contribution in [0.4, 0.5) is 0 Å². The molecule has 2 nitrogen and oxygen atoms in total. The Bertz CT molecular complexity index is 83.9. The van der Waals surface area contributed by atoms with E-state index < -0.39 is 0 Å². The Labute approximate surface area is 76.5 Å². The van der Waals surface area contributed by atoms with Gasteiger partial charge in [-0.2, -0.15) is 5.06 Å². The van der Waals surface area contributed by atoms with Crippen LogP contribution in [0.15, 0.2) is 0 Å². The maximum atomic E-state index is 8.83. The van der Waals surface area contributed by atoms with E-state index in [1.165, 1.54) is 43.6 Å². The van der Waals surface area contributed by atoms with Crippen LogP contribution in [0, 0.1) is 0 Å². The lowest BCUT2D eigenvalue weighted by atomic mass is 10.1. The highest BCUT2D eigenvalue weighted by Gasteiger charge is 1.92. The standard InChI is InChI=1S/C10H23NO/c1-3-4-5-6-7-8-9-10-11(2)12/h12H,3-10H2,1-2H3. The fourth-order valence-electron chi connectivity index (χ4n) is 1.30. The van der Waals surface area contributed by atoms with Crippen molar-refractivity contribution >= 4 is 0 Å². The van der Waals surface area contributed by atoms with Crippen LogP contribution in [-0.2, 0) is 0 Å². The zero-order chi connectivity index (χ0) is 9.23. The molecule has 0 aromatic rings. The maximum Gasteiger partial charge on any atom is 0.0235 e. The number of hydrogen-bond acceptors (Lipinski definition) is 2. The Morgan fingerprint density at radius 3 is 1.92 bits per heavy atom. The highest BCUT2D eigenvalue weighted by molar-refractivity contribution is 4.45. The average molecular weight is 173 g/mol. The van der Waals surface area contributed by atoms with Gasteiger partial charge in [0.05, 0.1) is 0 Å². The van der Waals surface area contributed by atoms with E-state index in [2.05, 4.69) is 6.92 Å². The molecule has 0 atom stereocenters. The molecule has 0 amide bonds. The highest BCUT2D eigenvalue weighted by atomic mass is 16.5. The topological polar surface area (TPSA) is 23.5 Å². The van der Waals surface area contributed by atoms with Crippen molar-refractivity contribution < 1.29 is 5.21 Å². The lowest BCUT2D eigenvalue weighted by Crippen LogP contribution is -2.13. The van der Waals surface area contributed by atoms with Crippen LogP contribution in [0.25, 0.3) is 0 Å². The van der Waals surface area contributed by atoms with Gasteiger partial charge in [0.1, 0.15) is 0 Å². The SMILES string of the molecule is CCCCCCCCCN(C)O. The van der Waals surface area contributed by atoms with E-state index in [4.69, 9.17) is 5.21 Å². The molecule has 1 N–H and O–H groups in total. The highest BCUT2D eigenvalue weighted by Crippen LogP contribution is 2.06. The first-order valence-corrected chi connectivity index (χ1v) is 5.17. The summed E-state index contributed by atoms with van der Waals surface area (Å²) in [6.07, 6.45) is 9.15. The summed E-state index contributed by atoms with van der Waals surface area (Å²) in [5, 5.41) is 10.1. The molecule has 12 heavy (non-hydrogen) atoms. The number of rotatable bonds is 8. The molecule has 0 aliphatic rings. The Morgan fingerprint density at radius 1 is 0.917 bits per heavy atom. The number of unbranched alkanes of at least 4 members (excludes halogenated alkanes) is 6. The van der Waals surface area contributed by atoms with Crippen molar-refractivity contribution in [2.24, 2.45) is 0 Å². The first kappa shape index (κ1) is 11.9. The van der Waals surface area contributed by atoms with E-state index in [9.17, 15) is 0 Å². The lowest BCUT2D eigenvalue weighted by molar-refractivity contribution is -0.0655. The average Bonchev–Trinajstić information content (AvgIpc) is 2.02. The summed E-state index contributed by atoms with van der Waals surface area (Å²) in [7, 11) is 1.71. The lowest BCUT2D eigenvalue weighted by Gasteiger charge is -2.06. The summed E-state index contributed by atoms with van der Waals surface area (Å²) in [5.74, 6) is 0. The fourth-order valence-corrected chi connectivity index (χ4v) is 1.30. The molecule has 0 saturated carbocycles. The molecule has 0 radical (unpaired) electrons. The second kappa shape index (κ2) is 9.01. The van der Waals surface area contributed by atoms with Gasteiger partial charge in [-0.25, -0.2) is 0 Å². The summed E-state index contributed by atoms with van der Waals surface area (Å²) >= 11 is 0. The van der Waals surface area contributed by atoms with Crippen molar-refractivity contribution in [2.75, 3.05) is 13.6 Å². The summed E-state index contributed by atoms with van der Waals surface area (Å²) in [4.78, 5) is 0. The van der Waals surface area contributed by atoms with Gasteiger partial charge in [-0.05, 0) is 6.42 Å². The molecule has 0 unspecified atom stereocenters. The van der Waals surface area contributed by atoms with E-state index in [0.29, 0.717) is 0 Å². The normalized spacial score (nSPS) is 11.0. The summed E-state index contributed by atoms with van der Waals surface area (Å²) < 4.78 is 0. The number of hydroxylamine groups is 2. The number of hydrogen-bond donors (Lipinski definition) is 1. The second-order valence-electron chi connectivity index (χ2n) is 3.50. The van der Waals surface area contributed by atoms with Crippen molar-refractivity contribution in [1.82, 2.24) is 5.06 Å². The largest absolute Gasteiger partial charge is 0.314 e. The minimum atomic E-state index is 0.813. The quantitative estimate of drug-likeness (QED) is 0.450. The van der Waals surface area contributed by atoms with Crippen LogP contribution in [0.3, 0.4) is 0 Å². The molecule has 74 valence electrons. The molecular weight excluding hydrogens is 150 g/mol. The molecule has 0 fully saturated rings. The predicted molar refractivity (Wildman–Crippen MR) is 52.4 cm³/mol. The van der Waals surface area contributed by atoms with Crippen molar-refractivity contribution in [3.8, 4) is 0 Å². The van der Waals surface area contributed by atoms with E-state index in [1.807, 2.05) is 0 Å². The summed E-state index contributed by atoms with van der Waals surface area (Å²) in [6, 6.07) is 0. The molecule has 0 rings (SSSR count). The Balaban J connectivity index is 2.82. The van der Waals surface area contributed by atoms with E-state index >= 15 is 0 Å². The molecule has 2 heteroatoms. The molecule has 0 spiro atoms. The maximum absolute atomic E-state index is 8.83. The molecular formula is C10H23NO. The summed E-state index contributed by atoms with van der Waals surface area (Å²) in [6.45, 7) is 3.05. The zero-order valence-corrected chi connectivity index (χ0v) is 8.55. The van der Waals surface area contributed by atoms with Crippen molar-refractivity contribution in [3.63, 3.8) is 0 Å². The molecule has 0 saturated heterocycles. The van der Waals surface area contributed by atoms with Gasteiger partial charge in [-0.3, -0.25) is 0 Å². The van der Waals surface area contributed by atoms with Gasteiger partial charge in [-0.1, -0.05) is 45.4 Å². The van der Waals surface area contributed by atoms with Crippen LogP contribution in [0.2, 0.25) is 0 Å². The van der Waals surface area contributed by atoms with Crippen LogP contribution in [0.1, 0.15) is 51.9 Å². The zero-order valence-electron chi connectivity index (χ0n) is 8.55. The van der Waals surface area contributed by atoms with Gasteiger partial charge in [0.2, 0.25) is 0 Å². The van der Waals surface area contributed by atoms with Gasteiger partial charge >= 0.3 is 0 Å². The molecule has 0 aliphatic carbocycles.